The van der Waals surface area contributed by atoms with Gasteiger partial charge >= 0.3 is 0 Å². The standard InChI is InChI=1S/C18H9Cl2FN6/c19-10-2-1-3-12(21)14(10)17-16(25-13(6-22)18(23)26-17)8-4-9-7-24-27-15(9)11(20)5-8/h1-5,7H,(H2,23,26)(H,24,27). The van der Waals surface area contributed by atoms with Crippen molar-refractivity contribution in [2.24, 2.45) is 0 Å². The lowest BCUT2D eigenvalue weighted by Crippen LogP contribution is -2.04. The zero-order valence-electron chi connectivity index (χ0n) is 13.5. The van der Waals surface area contributed by atoms with Gasteiger partial charge < -0.3 is 5.73 Å². The van der Waals surface area contributed by atoms with Crippen molar-refractivity contribution in [2.45, 2.75) is 0 Å². The summed E-state index contributed by atoms with van der Waals surface area (Å²) in [6.07, 6.45) is 1.59. The predicted molar refractivity (Wildman–Crippen MR) is 102 cm³/mol. The maximum atomic E-state index is 14.5. The summed E-state index contributed by atoms with van der Waals surface area (Å²) < 4.78 is 14.5. The smallest absolute Gasteiger partial charge is 0.183 e. The minimum absolute atomic E-state index is 0.0428. The van der Waals surface area contributed by atoms with Gasteiger partial charge in [0.15, 0.2) is 11.5 Å². The van der Waals surface area contributed by atoms with Gasteiger partial charge in [-0.05, 0) is 24.3 Å². The molecule has 0 spiro atoms. The van der Waals surface area contributed by atoms with Gasteiger partial charge in [-0.3, -0.25) is 5.10 Å². The van der Waals surface area contributed by atoms with Crippen LogP contribution in [0.25, 0.3) is 33.4 Å². The maximum Gasteiger partial charge on any atom is 0.183 e. The molecule has 0 aliphatic carbocycles. The van der Waals surface area contributed by atoms with Crippen LogP contribution in [0.5, 0.6) is 0 Å². The Morgan fingerprint density at radius 1 is 1.11 bits per heavy atom. The minimum Gasteiger partial charge on any atom is -0.381 e. The molecule has 0 fully saturated rings. The quantitative estimate of drug-likeness (QED) is 0.513. The fourth-order valence-corrected chi connectivity index (χ4v) is 3.30. The van der Waals surface area contributed by atoms with E-state index in [2.05, 4.69) is 20.2 Å². The van der Waals surface area contributed by atoms with Gasteiger partial charge in [0.25, 0.3) is 0 Å². The Morgan fingerprint density at radius 3 is 2.67 bits per heavy atom. The van der Waals surface area contributed by atoms with Crippen molar-refractivity contribution in [2.75, 3.05) is 5.73 Å². The van der Waals surface area contributed by atoms with Crippen molar-refractivity contribution in [1.29, 1.82) is 5.26 Å². The zero-order chi connectivity index (χ0) is 19.1. The van der Waals surface area contributed by atoms with Crippen molar-refractivity contribution in [3.05, 3.63) is 58.1 Å². The summed E-state index contributed by atoms with van der Waals surface area (Å²) in [4.78, 5) is 8.50. The Kier molecular flexibility index (Phi) is 4.15. The number of benzene rings is 2. The number of nitrogens with two attached hydrogens (primary N) is 1. The second-order valence-electron chi connectivity index (χ2n) is 5.66. The Bertz CT molecular complexity index is 1220. The number of rotatable bonds is 2. The molecule has 0 saturated heterocycles. The van der Waals surface area contributed by atoms with Crippen LogP contribution in [-0.4, -0.2) is 20.2 Å². The van der Waals surface area contributed by atoms with Gasteiger partial charge in [0.05, 0.1) is 33.0 Å². The fraction of sp³-hybridized carbons (Fsp3) is 0. The first-order valence-electron chi connectivity index (χ1n) is 7.64. The molecule has 0 bridgehead atoms. The van der Waals surface area contributed by atoms with E-state index in [1.165, 1.54) is 18.2 Å². The van der Waals surface area contributed by atoms with Gasteiger partial charge in [-0.2, -0.15) is 10.4 Å². The Balaban J connectivity index is 2.08. The van der Waals surface area contributed by atoms with E-state index in [9.17, 15) is 9.65 Å². The average Bonchev–Trinajstić information content (AvgIpc) is 3.11. The summed E-state index contributed by atoms with van der Waals surface area (Å²) in [5.74, 6) is -0.705. The molecule has 2 heterocycles. The largest absolute Gasteiger partial charge is 0.381 e. The molecule has 0 aliphatic rings. The number of nitrogen functional groups attached to an aromatic ring is 1. The molecule has 0 radical (unpaired) electrons. The molecule has 0 unspecified atom stereocenters. The number of hydrogen-bond acceptors (Lipinski definition) is 5. The number of anilines is 1. The molecule has 27 heavy (non-hydrogen) atoms. The molecular formula is C18H9Cl2FN6. The highest BCUT2D eigenvalue weighted by Gasteiger charge is 2.21. The minimum atomic E-state index is -0.586. The van der Waals surface area contributed by atoms with E-state index >= 15 is 0 Å². The number of H-pyrrole nitrogens is 1. The van der Waals surface area contributed by atoms with E-state index < -0.39 is 5.82 Å². The molecule has 2 aromatic carbocycles. The molecule has 4 rings (SSSR count). The number of hydrogen-bond donors (Lipinski definition) is 2. The molecule has 9 heteroatoms. The Morgan fingerprint density at radius 2 is 1.93 bits per heavy atom. The van der Waals surface area contributed by atoms with E-state index in [4.69, 9.17) is 28.9 Å². The van der Waals surface area contributed by atoms with Crippen LogP contribution < -0.4 is 5.73 Å². The van der Waals surface area contributed by atoms with Crippen LogP contribution in [0.2, 0.25) is 10.0 Å². The highest BCUT2D eigenvalue weighted by molar-refractivity contribution is 6.35. The Hall–Kier alpha value is -3.21. The van der Waals surface area contributed by atoms with Gasteiger partial charge in [-0.1, -0.05) is 29.3 Å². The van der Waals surface area contributed by atoms with E-state index in [1.807, 2.05) is 6.07 Å². The lowest BCUT2D eigenvalue weighted by Gasteiger charge is -2.13. The van der Waals surface area contributed by atoms with Crippen LogP contribution in [0.3, 0.4) is 0 Å². The first-order chi connectivity index (χ1) is 13.0. The molecule has 0 amide bonds. The van der Waals surface area contributed by atoms with Gasteiger partial charge in [0.2, 0.25) is 0 Å². The number of nitrogens with one attached hydrogen (secondary N) is 1. The van der Waals surface area contributed by atoms with E-state index in [0.717, 1.165) is 5.39 Å². The van der Waals surface area contributed by atoms with E-state index in [0.29, 0.717) is 16.1 Å². The van der Waals surface area contributed by atoms with Gasteiger partial charge in [-0.15, -0.1) is 0 Å². The Labute approximate surface area is 162 Å². The van der Waals surface area contributed by atoms with Crippen molar-refractivity contribution >= 4 is 39.9 Å². The molecule has 3 N–H and O–H groups in total. The van der Waals surface area contributed by atoms with Gasteiger partial charge in [-0.25, -0.2) is 14.4 Å². The molecule has 0 saturated carbocycles. The maximum absolute atomic E-state index is 14.5. The SMILES string of the molecule is N#Cc1nc(-c2cc(Cl)c3[nH]ncc3c2)c(-c2c(F)cccc2Cl)nc1N. The fourth-order valence-electron chi connectivity index (χ4n) is 2.78. The third-order valence-electron chi connectivity index (χ3n) is 4.00. The molecule has 132 valence electrons. The van der Waals surface area contributed by atoms with Crippen molar-refractivity contribution in [3.8, 4) is 28.6 Å². The lowest BCUT2D eigenvalue weighted by molar-refractivity contribution is 0.631. The van der Waals surface area contributed by atoms with Crippen LogP contribution in [0.4, 0.5) is 10.2 Å². The molecule has 4 aromatic rings. The summed E-state index contributed by atoms with van der Waals surface area (Å²) in [5.41, 5.74) is 7.30. The first kappa shape index (κ1) is 17.2. The highest BCUT2D eigenvalue weighted by Crippen LogP contribution is 2.38. The number of aromatic nitrogens is 4. The molecule has 0 aliphatic heterocycles. The monoisotopic (exact) mass is 398 g/mol. The summed E-state index contributed by atoms with van der Waals surface area (Å²) in [5, 5.41) is 17.3. The molecule has 0 atom stereocenters. The van der Waals surface area contributed by atoms with Gasteiger partial charge in [0, 0.05) is 10.9 Å². The second-order valence-corrected chi connectivity index (χ2v) is 6.47. The predicted octanol–water partition coefficient (Wildman–Crippen LogP) is 4.59. The topological polar surface area (TPSA) is 104 Å². The molecular weight excluding hydrogens is 390 g/mol. The number of aromatic amines is 1. The van der Waals surface area contributed by atoms with Crippen molar-refractivity contribution < 1.29 is 4.39 Å². The van der Waals surface area contributed by atoms with Gasteiger partial charge in [0.1, 0.15) is 17.6 Å². The summed E-state index contributed by atoms with van der Waals surface area (Å²) >= 11 is 12.5. The van der Waals surface area contributed by atoms with Crippen LogP contribution in [0.1, 0.15) is 5.69 Å². The second kappa shape index (κ2) is 6.50. The van der Waals surface area contributed by atoms with E-state index in [-0.39, 0.29) is 33.5 Å². The number of halogens is 3. The van der Waals surface area contributed by atoms with Crippen LogP contribution in [0.15, 0.2) is 36.5 Å². The number of nitrogens with zero attached hydrogens (tertiary/aromatic N) is 4. The summed E-state index contributed by atoms with van der Waals surface area (Å²) in [6, 6.07) is 9.54. The summed E-state index contributed by atoms with van der Waals surface area (Å²) in [6.45, 7) is 0. The zero-order valence-corrected chi connectivity index (χ0v) is 15.0. The first-order valence-corrected chi connectivity index (χ1v) is 8.40. The highest BCUT2D eigenvalue weighted by atomic mass is 35.5. The normalized spacial score (nSPS) is 10.9. The van der Waals surface area contributed by atoms with Crippen molar-refractivity contribution in [3.63, 3.8) is 0 Å². The third kappa shape index (κ3) is 2.85. The van der Waals surface area contributed by atoms with Crippen molar-refractivity contribution in [1.82, 2.24) is 20.2 Å². The van der Waals surface area contributed by atoms with E-state index in [1.54, 1.807) is 18.3 Å². The number of fused-ring (bicyclic) bond motifs is 1. The molecule has 2 aromatic heterocycles. The lowest BCUT2D eigenvalue weighted by atomic mass is 10.0. The molecule has 6 nitrogen and oxygen atoms in total. The third-order valence-corrected chi connectivity index (χ3v) is 4.62. The van der Waals surface area contributed by atoms with Crippen LogP contribution in [-0.2, 0) is 0 Å². The average molecular weight is 399 g/mol. The summed E-state index contributed by atoms with van der Waals surface area (Å²) in [7, 11) is 0. The van der Waals surface area contributed by atoms with Crippen LogP contribution >= 0.6 is 23.2 Å². The number of nitriles is 1. The van der Waals surface area contributed by atoms with Crippen LogP contribution in [0, 0.1) is 17.1 Å².